The maximum atomic E-state index is 2.40. The highest BCUT2D eigenvalue weighted by atomic mass is 31.2. The van der Waals surface area contributed by atoms with Gasteiger partial charge in [-0.15, -0.1) is 0 Å². The van der Waals surface area contributed by atoms with Crippen molar-refractivity contribution in [3.63, 3.8) is 0 Å². The molecule has 0 spiro atoms. The van der Waals surface area contributed by atoms with Gasteiger partial charge in [-0.05, 0) is 27.2 Å². The first kappa shape index (κ1) is 11.6. The summed E-state index contributed by atoms with van der Waals surface area (Å²) < 4.78 is 0. The van der Waals surface area contributed by atoms with Crippen LogP contribution < -0.4 is 0 Å². The van der Waals surface area contributed by atoms with Gasteiger partial charge in [0.25, 0.3) is 0 Å². The van der Waals surface area contributed by atoms with Crippen molar-refractivity contribution >= 4 is 17.5 Å². The molecule has 0 radical (unpaired) electrons. The minimum Gasteiger partial charge on any atom is -0.0624 e. The lowest BCUT2D eigenvalue weighted by molar-refractivity contribution is 1.06. The molecule has 11 heavy (non-hydrogen) atoms. The normalized spacial score (nSPS) is 12.3. The molecule has 0 saturated heterocycles. The lowest BCUT2D eigenvalue weighted by Gasteiger charge is -2.23. The van der Waals surface area contributed by atoms with E-state index in [1.54, 1.807) is 6.16 Å². The fourth-order valence-corrected chi connectivity index (χ4v) is 5.86. The van der Waals surface area contributed by atoms with Crippen LogP contribution in [0.25, 0.3) is 0 Å². The summed E-state index contributed by atoms with van der Waals surface area (Å²) in [6.07, 6.45) is 7.57. The van der Waals surface area contributed by atoms with Crippen LogP contribution in [0, 0.1) is 0 Å². The molecule has 0 aliphatic carbocycles. The molecule has 0 aliphatic rings. The number of hydrogen-bond donors (Lipinski definition) is 0. The number of hydrogen-bond acceptors (Lipinski definition) is 0. The van der Waals surface area contributed by atoms with E-state index in [0.29, 0.717) is 0 Å². The summed E-state index contributed by atoms with van der Waals surface area (Å²) in [6.45, 7) is 7.19. The van der Waals surface area contributed by atoms with E-state index in [4.69, 9.17) is 0 Å². The van der Waals surface area contributed by atoms with E-state index in [1.807, 2.05) is 0 Å². The van der Waals surface area contributed by atoms with E-state index in [0.717, 1.165) is 0 Å². The van der Waals surface area contributed by atoms with Crippen LogP contribution in [0.3, 0.4) is 0 Å². The van der Waals surface area contributed by atoms with Gasteiger partial charge in [0.1, 0.15) is 0 Å². The average molecular weight is 191 g/mol. The molecule has 0 N–H and O–H groups in total. The van der Waals surface area contributed by atoms with Crippen molar-refractivity contribution in [1.82, 2.24) is 0 Å². The smallest absolute Gasteiger partial charge is 0.0591 e. The molecule has 0 rings (SSSR count). The highest BCUT2D eigenvalue weighted by Crippen LogP contribution is 2.58. The van der Waals surface area contributed by atoms with Gasteiger partial charge in [-0.25, -0.2) is 0 Å². The summed E-state index contributed by atoms with van der Waals surface area (Å²) in [6, 6.07) is 1.52. The van der Waals surface area contributed by atoms with E-state index in [9.17, 15) is 0 Å². The predicted molar refractivity (Wildman–Crippen MR) is 62.8 cm³/mol. The van der Waals surface area contributed by atoms with Crippen LogP contribution in [0.1, 0.15) is 27.2 Å². The van der Waals surface area contributed by atoms with Crippen LogP contribution in [0.15, 0.2) is 0 Å². The van der Waals surface area contributed by atoms with E-state index < -0.39 is 7.26 Å². The fourth-order valence-electron chi connectivity index (χ4n) is 1.64. The Labute approximate surface area is 75.9 Å². The van der Waals surface area contributed by atoms with E-state index in [2.05, 4.69) is 20.8 Å². The zero-order valence-electron chi connectivity index (χ0n) is 8.69. The Hall–Kier alpha value is 0.647. The molecular weight excluding hydrogens is 167 g/mol. The Kier molecular flexibility index (Phi) is 6.56. The topological polar surface area (TPSA) is 0 Å². The molecule has 0 amide bonds. The maximum Gasteiger partial charge on any atom is 0.0591 e. The van der Waals surface area contributed by atoms with Gasteiger partial charge in [0.05, 0.1) is 24.6 Å². The second-order valence-electron chi connectivity index (χ2n) is 3.37. The second-order valence-corrected chi connectivity index (χ2v) is 9.40. The summed E-state index contributed by atoms with van der Waals surface area (Å²) in [5.41, 5.74) is 0. The SMILES string of the molecule is CC[P+](CC)(CC)CCC[SiH3]. The van der Waals surface area contributed by atoms with E-state index in [-0.39, 0.29) is 0 Å². The lowest BCUT2D eigenvalue weighted by atomic mass is 10.6. The molecule has 0 atom stereocenters. The van der Waals surface area contributed by atoms with E-state index in [1.165, 1.54) is 41.2 Å². The Morgan fingerprint density at radius 2 is 1.45 bits per heavy atom. The van der Waals surface area contributed by atoms with Gasteiger partial charge in [-0.1, -0.05) is 6.04 Å². The first-order valence-electron chi connectivity index (χ1n) is 5.09. The molecule has 0 unspecified atom stereocenters. The van der Waals surface area contributed by atoms with Crippen molar-refractivity contribution in [2.24, 2.45) is 0 Å². The quantitative estimate of drug-likeness (QED) is 0.446. The molecule has 0 aromatic heterocycles. The molecule has 0 aromatic carbocycles. The third kappa shape index (κ3) is 3.71. The molecule has 68 valence electrons. The van der Waals surface area contributed by atoms with Crippen molar-refractivity contribution in [2.45, 2.75) is 33.2 Å². The van der Waals surface area contributed by atoms with Crippen LogP contribution in [-0.4, -0.2) is 34.9 Å². The Bertz CT molecular complexity index is 81.3. The van der Waals surface area contributed by atoms with Crippen LogP contribution in [0.5, 0.6) is 0 Å². The third-order valence-corrected chi connectivity index (χ3v) is 9.00. The zero-order chi connectivity index (χ0) is 8.74. The summed E-state index contributed by atoms with van der Waals surface area (Å²) in [4.78, 5) is 0. The van der Waals surface area contributed by atoms with Gasteiger partial charge in [0.2, 0.25) is 0 Å². The van der Waals surface area contributed by atoms with Crippen molar-refractivity contribution in [3.8, 4) is 0 Å². The van der Waals surface area contributed by atoms with Crippen LogP contribution in [0.2, 0.25) is 6.04 Å². The molecular formula is C9H24PSi+. The largest absolute Gasteiger partial charge is 0.0624 e. The van der Waals surface area contributed by atoms with Gasteiger partial charge in [-0.3, -0.25) is 0 Å². The van der Waals surface area contributed by atoms with Gasteiger partial charge in [-0.2, -0.15) is 0 Å². The fraction of sp³-hybridized carbons (Fsp3) is 1.00. The first-order chi connectivity index (χ1) is 5.24. The van der Waals surface area contributed by atoms with Crippen molar-refractivity contribution < 1.29 is 0 Å². The van der Waals surface area contributed by atoms with Gasteiger partial charge in [0, 0.05) is 17.5 Å². The molecule has 0 aliphatic heterocycles. The average Bonchev–Trinajstić information content (AvgIpc) is 2.08. The van der Waals surface area contributed by atoms with Gasteiger partial charge >= 0.3 is 0 Å². The van der Waals surface area contributed by atoms with Crippen molar-refractivity contribution in [3.05, 3.63) is 0 Å². The molecule has 0 heterocycles. The number of rotatable bonds is 6. The summed E-state index contributed by atoms with van der Waals surface area (Å²) in [5, 5.41) is 0. The first-order valence-corrected chi connectivity index (χ1v) is 9.04. The Balaban J connectivity index is 3.84. The third-order valence-electron chi connectivity index (χ3n) is 3.00. The summed E-state index contributed by atoms with van der Waals surface area (Å²) >= 11 is 0. The van der Waals surface area contributed by atoms with Crippen LogP contribution >= 0.6 is 7.26 Å². The molecule has 0 aromatic rings. The molecule has 0 fully saturated rings. The van der Waals surface area contributed by atoms with Crippen LogP contribution in [-0.2, 0) is 0 Å². The minimum absolute atomic E-state index is 0.433. The molecule has 0 nitrogen and oxygen atoms in total. The highest BCUT2D eigenvalue weighted by Gasteiger charge is 2.29. The van der Waals surface area contributed by atoms with Crippen LogP contribution in [0.4, 0.5) is 0 Å². The highest BCUT2D eigenvalue weighted by molar-refractivity contribution is 7.75. The molecule has 0 saturated carbocycles. The van der Waals surface area contributed by atoms with Crippen molar-refractivity contribution in [2.75, 3.05) is 24.6 Å². The lowest BCUT2D eigenvalue weighted by Crippen LogP contribution is -2.07. The van der Waals surface area contributed by atoms with Gasteiger partial charge < -0.3 is 0 Å². The summed E-state index contributed by atoms with van der Waals surface area (Å²) in [5.74, 6) is 0. The Morgan fingerprint density at radius 1 is 1.00 bits per heavy atom. The Morgan fingerprint density at radius 3 is 1.73 bits per heavy atom. The van der Waals surface area contributed by atoms with Crippen molar-refractivity contribution in [1.29, 1.82) is 0 Å². The predicted octanol–water partition coefficient (Wildman–Crippen LogP) is 2.24. The van der Waals surface area contributed by atoms with E-state index >= 15 is 0 Å². The maximum absolute atomic E-state index is 2.40. The zero-order valence-corrected chi connectivity index (χ0v) is 11.6. The monoisotopic (exact) mass is 191 g/mol. The minimum atomic E-state index is -0.433. The second kappa shape index (κ2) is 6.19. The molecule has 2 heteroatoms. The van der Waals surface area contributed by atoms with Gasteiger partial charge in [0.15, 0.2) is 0 Å². The summed E-state index contributed by atoms with van der Waals surface area (Å²) in [7, 11) is 0.975. The standard InChI is InChI=1S/C9H24PSi/c1-4-10(5-2,6-3)8-7-9-11/h4-9H2,1-3,11H3/q+1. The molecule has 0 bridgehead atoms.